The fourth-order valence-electron chi connectivity index (χ4n) is 4.54. The Balaban J connectivity index is 1.52. The lowest BCUT2D eigenvalue weighted by molar-refractivity contribution is -0.134. The summed E-state index contributed by atoms with van der Waals surface area (Å²) in [6.45, 7) is 7.84. The minimum atomic E-state index is -0.471. The summed E-state index contributed by atoms with van der Waals surface area (Å²) in [5.74, 6) is 0.465. The van der Waals surface area contributed by atoms with Crippen LogP contribution in [-0.2, 0) is 11.3 Å². The van der Waals surface area contributed by atoms with Gasteiger partial charge in [0.05, 0.1) is 13.2 Å². The molecule has 1 N–H and O–H groups in total. The highest BCUT2D eigenvalue weighted by molar-refractivity contribution is 5.94. The number of fused-ring (bicyclic) bond motifs is 1. The molecule has 29 heavy (non-hydrogen) atoms. The van der Waals surface area contributed by atoms with E-state index in [1.807, 2.05) is 31.0 Å². The van der Waals surface area contributed by atoms with Gasteiger partial charge in [-0.25, -0.2) is 0 Å². The van der Waals surface area contributed by atoms with Gasteiger partial charge in [-0.1, -0.05) is 19.0 Å². The summed E-state index contributed by atoms with van der Waals surface area (Å²) in [4.78, 5) is 29.2. The normalized spacial score (nSPS) is 23.8. The fraction of sp³-hybridized carbons (Fsp3) is 0.600. The van der Waals surface area contributed by atoms with Crippen LogP contribution in [0.2, 0.25) is 0 Å². The molecule has 9 heteroatoms. The number of amides is 2. The van der Waals surface area contributed by atoms with Crippen molar-refractivity contribution in [2.75, 3.05) is 32.8 Å². The van der Waals surface area contributed by atoms with Crippen LogP contribution < -0.4 is 0 Å². The highest BCUT2D eigenvalue weighted by atomic mass is 16.5. The first-order valence-corrected chi connectivity index (χ1v) is 9.96. The predicted octanol–water partition coefficient (Wildman–Crippen LogP) is 0.777. The van der Waals surface area contributed by atoms with Gasteiger partial charge in [0.15, 0.2) is 5.69 Å². The molecule has 0 radical (unpaired) electrons. The van der Waals surface area contributed by atoms with Crippen molar-refractivity contribution in [3.8, 4) is 0 Å². The van der Waals surface area contributed by atoms with Gasteiger partial charge in [-0.2, -0.15) is 5.10 Å². The second kappa shape index (κ2) is 7.29. The third-order valence-corrected chi connectivity index (χ3v) is 6.23. The smallest absolute Gasteiger partial charge is 0.276 e. The highest BCUT2D eigenvalue weighted by Crippen LogP contribution is 2.43. The minimum Gasteiger partial charge on any atom is -0.396 e. The molecule has 2 aliphatic heterocycles. The number of aliphatic hydroxyl groups is 1. The van der Waals surface area contributed by atoms with Crippen LogP contribution in [0.1, 0.15) is 35.7 Å². The molecule has 2 atom stereocenters. The van der Waals surface area contributed by atoms with E-state index in [1.54, 1.807) is 22.7 Å². The quantitative estimate of drug-likeness (QED) is 0.794. The first-order chi connectivity index (χ1) is 13.8. The molecular weight excluding hydrogens is 374 g/mol. The topological polar surface area (TPSA) is 105 Å². The number of hydrogen-bond donors (Lipinski definition) is 1. The summed E-state index contributed by atoms with van der Waals surface area (Å²) in [7, 11) is 0. The van der Waals surface area contributed by atoms with Crippen LogP contribution in [-0.4, -0.2) is 74.4 Å². The van der Waals surface area contributed by atoms with Crippen molar-refractivity contribution < 1.29 is 19.2 Å². The van der Waals surface area contributed by atoms with Crippen LogP contribution in [0.25, 0.3) is 0 Å². The first-order valence-electron chi connectivity index (χ1n) is 9.96. The van der Waals surface area contributed by atoms with Crippen molar-refractivity contribution in [2.45, 2.75) is 27.3 Å². The molecule has 2 saturated heterocycles. The van der Waals surface area contributed by atoms with Crippen LogP contribution in [0.4, 0.5) is 0 Å². The molecule has 0 spiro atoms. The Labute approximate surface area is 169 Å². The molecule has 9 nitrogen and oxygen atoms in total. The predicted molar refractivity (Wildman–Crippen MR) is 103 cm³/mol. The van der Waals surface area contributed by atoms with Crippen molar-refractivity contribution in [2.24, 2.45) is 17.3 Å². The van der Waals surface area contributed by atoms with Crippen molar-refractivity contribution in [3.63, 3.8) is 0 Å². The van der Waals surface area contributed by atoms with Gasteiger partial charge in [0, 0.05) is 61.4 Å². The van der Waals surface area contributed by atoms with E-state index in [-0.39, 0.29) is 30.3 Å². The highest BCUT2D eigenvalue weighted by Gasteiger charge is 2.54. The van der Waals surface area contributed by atoms with Crippen LogP contribution in [0.5, 0.6) is 0 Å². The number of aromatic nitrogens is 3. The minimum absolute atomic E-state index is 0.0543. The van der Waals surface area contributed by atoms with Gasteiger partial charge >= 0.3 is 0 Å². The number of aryl methyl sites for hydroxylation is 1. The lowest BCUT2D eigenvalue weighted by Gasteiger charge is -2.27. The zero-order valence-corrected chi connectivity index (χ0v) is 17.0. The molecule has 0 bridgehead atoms. The molecule has 0 aromatic carbocycles. The zero-order chi connectivity index (χ0) is 20.8. The summed E-state index contributed by atoms with van der Waals surface area (Å²) < 4.78 is 7.03. The number of carbonyl (C=O) groups excluding carboxylic acids is 2. The maximum absolute atomic E-state index is 13.2. The Morgan fingerprint density at radius 3 is 2.66 bits per heavy atom. The SMILES string of the molecule is Cc1onc(C(=O)N2C[C@H]3CN(C(=O)C(C)C)C[C@@]3(CO)C2)c1Cn1cccn1. The van der Waals surface area contributed by atoms with E-state index in [4.69, 9.17) is 4.52 Å². The molecule has 4 rings (SSSR count). The number of hydrogen-bond acceptors (Lipinski definition) is 6. The third kappa shape index (κ3) is 3.33. The van der Waals surface area contributed by atoms with Crippen LogP contribution in [0.3, 0.4) is 0 Å². The molecule has 156 valence electrons. The lowest BCUT2D eigenvalue weighted by Crippen LogP contribution is -2.41. The number of likely N-dealkylation sites (tertiary alicyclic amines) is 2. The molecule has 0 unspecified atom stereocenters. The second-order valence-electron chi connectivity index (χ2n) is 8.55. The van der Waals surface area contributed by atoms with Crippen molar-refractivity contribution in [1.29, 1.82) is 0 Å². The Bertz CT molecular complexity index is 906. The molecule has 2 aromatic rings. The standard InChI is InChI=1S/C20H27N5O4/c1-13(2)18(27)23-7-15-8-24(11-20(15,10-23)12-26)19(28)17-16(14(3)29-22-17)9-25-6-4-5-21-25/h4-6,13,15,26H,7-12H2,1-3H3/t15-,20+/m1/s1. The second-order valence-corrected chi connectivity index (χ2v) is 8.55. The number of carbonyl (C=O) groups is 2. The lowest BCUT2D eigenvalue weighted by atomic mass is 9.82. The maximum atomic E-state index is 13.2. The van der Waals surface area contributed by atoms with E-state index in [0.29, 0.717) is 49.7 Å². The van der Waals surface area contributed by atoms with Gasteiger partial charge in [-0.3, -0.25) is 14.3 Å². The van der Waals surface area contributed by atoms with Gasteiger partial charge in [0.1, 0.15) is 5.76 Å². The Morgan fingerprint density at radius 2 is 2.03 bits per heavy atom. The summed E-state index contributed by atoms with van der Waals surface area (Å²) in [5, 5.41) is 18.4. The number of rotatable bonds is 5. The zero-order valence-electron chi connectivity index (χ0n) is 17.0. The van der Waals surface area contributed by atoms with E-state index >= 15 is 0 Å². The summed E-state index contributed by atoms with van der Waals surface area (Å²) in [6.07, 6.45) is 3.50. The van der Waals surface area contributed by atoms with Crippen molar-refractivity contribution >= 4 is 11.8 Å². The molecule has 2 fully saturated rings. The average Bonchev–Trinajstić information content (AvgIpc) is 3.45. The van der Waals surface area contributed by atoms with E-state index < -0.39 is 5.41 Å². The molecule has 2 amide bonds. The molecule has 4 heterocycles. The molecule has 0 aliphatic carbocycles. The Kier molecular flexibility index (Phi) is 4.94. The van der Waals surface area contributed by atoms with Crippen LogP contribution in [0, 0.1) is 24.2 Å². The van der Waals surface area contributed by atoms with Gasteiger partial charge in [-0.05, 0) is 13.0 Å². The Hall–Kier alpha value is -2.68. The molecule has 2 aromatic heterocycles. The summed E-state index contributed by atoms with van der Waals surface area (Å²) in [5.41, 5.74) is 0.535. The molecule has 0 saturated carbocycles. The first kappa shape index (κ1) is 19.6. The largest absolute Gasteiger partial charge is 0.396 e. The van der Waals surface area contributed by atoms with Gasteiger partial charge in [-0.15, -0.1) is 0 Å². The van der Waals surface area contributed by atoms with E-state index in [2.05, 4.69) is 10.3 Å². The van der Waals surface area contributed by atoms with Crippen molar-refractivity contribution in [1.82, 2.24) is 24.7 Å². The van der Waals surface area contributed by atoms with Crippen LogP contribution >= 0.6 is 0 Å². The number of nitrogens with zero attached hydrogens (tertiary/aromatic N) is 5. The Morgan fingerprint density at radius 1 is 1.31 bits per heavy atom. The van der Waals surface area contributed by atoms with E-state index in [9.17, 15) is 14.7 Å². The monoisotopic (exact) mass is 401 g/mol. The van der Waals surface area contributed by atoms with E-state index in [1.165, 1.54) is 0 Å². The van der Waals surface area contributed by atoms with Gasteiger partial charge in [0.2, 0.25) is 5.91 Å². The summed E-state index contributed by atoms with van der Waals surface area (Å²) >= 11 is 0. The van der Waals surface area contributed by atoms with Gasteiger partial charge < -0.3 is 19.4 Å². The van der Waals surface area contributed by atoms with Crippen molar-refractivity contribution in [3.05, 3.63) is 35.5 Å². The van der Waals surface area contributed by atoms with Gasteiger partial charge in [0.25, 0.3) is 5.91 Å². The average molecular weight is 401 g/mol. The molecular formula is C20H27N5O4. The third-order valence-electron chi connectivity index (χ3n) is 6.23. The maximum Gasteiger partial charge on any atom is 0.276 e. The van der Waals surface area contributed by atoms with E-state index in [0.717, 1.165) is 0 Å². The van der Waals surface area contributed by atoms with Crippen LogP contribution in [0.15, 0.2) is 23.0 Å². The molecule has 2 aliphatic rings. The summed E-state index contributed by atoms with van der Waals surface area (Å²) in [6, 6.07) is 1.82. The number of aliphatic hydroxyl groups excluding tert-OH is 1. The fourth-order valence-corrected chi connectivity index (χ4v) is 4.54.